The Balaban J connectivity index is 2.64. The van der Waals surface area contributed by atoms with Crippen LogP contribution in [-0.4, -0.2) is 19.1 Å². The Morgan fingerprint density at radius 2 is 2.20 bits per heavy atom. The van der Waals surface area contributed by atoms with Crippen LogP contribution in [0.3, 0.4) is 0 Å². The number of hydrogen-bond donors (Lipinski definition) is 2. The number of carbonyl (C=O) groups excluding carboxylic acids is 1. The van der Waals surface area contributed by atoms with E-state index in [1.165, 1.54) is 18.2 Å². The van der Waals surface area contributed by atoms with E-state index in [4.69, 9.17) is 17.3 Å². The highest BCUT2D eigenvalue weighted by molar-refractivity contribution is 6.32. The third kappa shape index (κ3) is 5.30. The summed E-state index contributed by atoms with van der Waals surface area (Å²) in [6.07, 6.45) is 1.12. The molecule has 1 unspecified atom stereocenters. The molecule has 0 aliphatic rings. The van der Waals surface area contributed by atoms with Crippen molar-refractivity contribution in [1.29, 1.82) is 0 Å². The number of alkyl halides is 2. The molecule has 4 nitrogen and oxygen atoms in total. The Hall–Kier alpha value is -1.40. The van der Waals surface area contributed by atoms with Crippen LogP contribution in [0.15, 0.2) is 18.2 Å². The molecule has 0 saturated carbocycles. The van der Waals surface area contributed by atoms with Crippen LogP contribution in [0.25, 0.3) is 0 Å². The molecule has 1 aromatic rings. The number of benzene rings is 1. The van der Waals surface area contributed by atoms with Gasteiger partial charge in [0, 0.05) is 12.1 Å². The number of nitrogens with two attached hydrogens (primary N) is 1. The van der Waals surface area contributed by atoms with E-state index in [1.807, 2.05) is 6.92 Å². The maximum absolute atomic E-state index is 12.1. The number of rotatable bonds is 7. The van der Waals surface area contributed by atoms with Gasteiger partial charge in [-0.05, 0) is 30.7 Å². The molecule has 0 radical (unpaired) electrons. The number of nitrogens with one attached hydrogen (secondary N) is 1. The van der Waals surface area contributed by atoms with Crippen molar-refractivity contribution in [2.75, 3.05) is 11.9 Å². The molecule has 0 spiro atoms. The van der Waals surface area contributed by atoms with Gasteiger partial charge < -0.3 is 15.8 Å². The predicted octanol–water partition coefficient (Wildman–Crippen LogP) is 3.25. The first-order valence-electron chi connectivity index (χ1n) is 6.20. The second-order valence-corrected chi connectivity index (χ2v) is 4.69. The van der Waals surface area contributed by atoms with Gasteiger partial charge in [-0.15, -0.1) is 0 Å². The third-order valence-electron chi connectivity index (χ3n) is 2.82. The molecule has 0 heterocycles. The monoisotopic (exact) mass is 306 g/mol. The summed E-state index contributed by atoms with van der Waals surface area (Å²) in [7, 11) is 0. The van der Waals surface area contributed by atoms with Gasteiger partial charge in [0.1, 0.15) is 5.75 Å². The zero-order chi connectivity index (χ0) is 15.1. The van der Waals surface area contributed by atoms with Gasteiger partial charge in [-0.3, -0.25) is 4.79 Å². The van der Waals surface area contributed by atoms with Gasteiger partial charge in [0.05, 0.1) is 5.02 Å². The summed E-state index contributed by atoms with van der Waals surface area (Å²) in [5.74, 6) is -0.208. The second-order valence-electron chi connectivity index (χ2n) is 4.29. The van der Waals surface area contributed by atoms with Crippen LogP contribution >= 0.6 is 11.6 Å². The molecule has 7 heteroatoms. The molecular weight excluding hydrogens is 290 g/mol. The molecule has 112 valence electrons. The van der Waals surface area contributed by atoms with Crippen LogP contribution in [0.1, 0.15) is 19.8 Å². The molecule has 0 saturated heterocycles. The van der Waals surface area contributed by atoms with Gasteiger partial charge in [0.2, 0.25) is 5.91 Å². The first-order valence-corrected chi connectivity index (χ1v) is 6.58. The summed E-state index contributed by atoms with van der Waals surface area (Å²) in [5, 5.41) is 2.65. The molecule has 0 aliphatic carbocycles. The zero-order valence-electron chi connectivity index (χ0n) is 11.0. The number of hydrogen-bond acceptors (Lipinski definition) is 3. The fourth-order valence-corrected chi connectivity index (χ4v) is 1.86. The number of halogens is 3. The van der Waals surface area contributed by atoms with Gasteiger partial charge in [-0.1, -0.05) is 24.9 Å². The van der Waals surface area contributed by atoms with Gasteiger partial charge in [0.15, 0.2) is 0 Å². The number of ether oxygens (including phenoxy) is 1. The summed E-state index contributed by atoms with van der Waals surface area (Å²) in [5.41, 5.74) is 5.95. The van der Waals surface area contributed by atoms with Gasteiger partial charge in [-0.2, -0.15) is 8.78 Å². The van der Waals surface area contributed by atoms with E-state index in [0.717, 1.165) is 6.42 Å². The highest BCUT2D eigenvalue weighted by atomic mass is 35.5. The van der Waals surface area contributed by atoms with Gasteiger partial charge in [-0.25, -0.2) is 0 Å². The molecule has 1 amide bonds. The number of amides is 1. The van der Waals surface area contributed by atoms with Crippen molar-refractivity contribution < 1.29 is 18.3 Å². The average Bonchev–Trinajstić information content (AvgIpc) is 2.38. The SMILES string of the molecule is CCC(CN)CC(=O)Nc1ccc(OC(F)F)c(Cl)c1. The maximum atomic E-state index is 12.1. The van der Waals surface area contributed by atoms with Crippen molar-refractivity contribution in [3.8, 4) is 5.75 Å². The van der Waals surface area contributed by atoms with Crippen molar-refractivity contribution in [3.05, 3.63) is 23.2 Å². The topological polar surface area (TPSA) is 64.4 Å². The van der Waals surface area contributed by atoms with E-state index in [0.29, 0.717) is 18.7 Å². The minimum absolute atomic E-state index is 0.00830. The van der Waals surface area contributed by atoms with E-state index in [1.54, 1.807) is 0 Å². The highest BCUT2D eigenvalue weighted by Crippen LogP contribution is 2.29. The molecule has 1 rings (SSSR count). The number of carbonyl (C=O) groups is 1. The van der Waals surface area contributed by atoms with Crippen LogP contribution in [0.4, 0.5) is 14.5 Å². The van der Waals surface area contributed by atoms with Crippen molar-refractivity contribution in [3.63, 3.8) is 0 Å². The average molecular weight is 307 g/mol. The van der Waals surface area contributed by atoms with E-state index in [-0.39, 0.29) is 22.6 Å². The molecule has 0 aromatic heterocycles. The molecule has 0 aliphatic heterocycles. The minimum atomic E-state index is -2.94. The Bertz CT molecular complexity index is 454. The number of anilines is 1. The van der Waals surface area contributed by atoms with Gasteiger partial charge in [0.25, 0.3) is 0 Å². The Labute approximate surface area is 121 Å². The smallest absolute Gasteiger partial charge is 0.387 e. The van der Waals surface area contributed by atoms with Crippen molar-refractivity contribution in [2.24, 2.45) is 11.7 Å². The van der Waals surface area contributed by atoms with Crippen molar-refractivity contribution in [2.45, 2.75) is 26.4 Å². The fourth-order valence-electron chi connectivity index (χ4n) is 1.64. The molecule has 3 N–H and O–H groups in total. The van der Waals surface area contributed by atoms with E-state index in [2.05, 4.69) is 10.1 Å². The highest BCUT2D eigenvalue weighted by Gasteiger charge is 2.13. The molecule has 20 heavy (non-hydrogen) atoms. The van der Waals surface area contributed by atoms with E-state index < -0.39 is 6.61 Å². The normalized spacial score (nSPS) is 12.3. The zero-order valence-corrected chi connectivity index (χ0v) is 11.8. The molecular formula is C13H17ClF2N2O2. The van der Waals surface area contributed by atoms with E-state index >= 15 is 0 Å². The second kappa shape index (κ2) is 8.01. The van der Waals surface area contributed by atoms with Crippen molar-refractivity contribution in [1.82, 2.24) is 0 Å². The lowest BCUT2D eigenvalue weighted by atomic mass is 10.0. The maximum Gasteiger partial charge on any atom is 0.387 e. The first-order chi connectivity index (χ1) is 9.46. The predicted molar refractivity (Wildman–Crippen MR) is 74.2 cm³/mol. The molecule has 1 aromatic carbocycles. The Kier molecular flexibility index (Phi) is 6.67. The largest absolute Gasteiger partial charge is 0.433 e. The Morgan fingerprint density at radius 1 is 1.50 bits per heavy atom. The van der Waals surface area contributed by atoms with Gasteiger partial charge >= 0.3 is 6.61 Å². The van der Waals surface area contributed by atoms with Crippen LogP contribution in [0, 0.1) is 5.92 Å². The van der Waals surface area contributed by atoms with Crippen LogP contribution in [0.2, 0.25) is 5.02 Å². The minimum Gasteiger partial charge on any atom is -0.433 e. The lowest BCUT2D eigenvalue weighted by Gasteiger charge is -2.13. The Morgan fingerprint density at radius 3 is 2.70 bits per heavy atom. The molecule has 0 bridgehead atoms. The fraction of sp³-hybridized carbons (Fsp3) is 0.462. The lowest BCUT2D eigenvalue weighted by Crippen LogP contribution is -2.21. The molecule has 1 atom stereocenters. The van der Waals surface area contributed by atoms with Crippen LogP contribution < -0.4 is 15.8 Å². The summed E-state index contributed by atoms with van der Waals surface area (Å²) in [6, 6.07) is 4.09. The third-order valence-corrected chi connectivity index (χ3v) is 3.11. The van der Waals surface area contributed by atoms with Crippen molar-refractivity contribution >= 4 is 23.2 Å². The lowest BCUT2D eigenvalue weighted by molar-refractivity contribution is -0.117. The first kappa shape index (κ1) is 16.7. The van der Waals surface area contributed by atoms with Crippen LogP contribution in [0.5, 0.6) is 5.75 Å². The molecule has 0 fully saturated rings. The summed E-state index contributed by atoms with van der Waals surface area (Å²) < 4.78 is 28.4. The van der Waals surface area contributed by atoms with Crippen LogP contribution in [-0.2, 0) is 4.79 Å². The summed E-state index contributed by atoms with van der Waals surface area (Å²) in [6.45, 7) is -0.549. The quantitative estimate of drug-likeness (QED) is 0.812. The standard InChI is InChI=1S/C13H17ClF2N2O2/c1-2-8(7-17)5-12(19)18-9-3-4-11(10(14)6-9)20-13(15)16/h3-4,6,8,13H,2,5,7,17H2,1H3,(H,18,19). The summed E-state index contributed by atoms with van der Waals surface area (Å²) in [4.78, 5) is 11.8. The van der Waals surface area contributed by atoms with E-state index in [9.17, 15) is 13.6 Å². The summed E-state index contributed by atoms with van der Waals surface area (Å²) >= 11 is 5.79.